The molecular weight excluding hydrogens is 401 g/mol. The number of rotatable bonds is 4. The van der Waals surface area contributed by atoms with Crippen molar-refractivity contribution in [3.63, 3.8) is 0 Å². The molecule has 0 fully saturated rings. The molecule has 18 heavy (non-hydrogen) atoms. The van der Waals surface area contributed by atoms with Gasteiger partial charge in [-0.25, -0.2) is 0 Å². The van der Waals surface area contributed by atoms with Crippen LogP contribution in [0.25, 0.3) is 0 Å². The van der Waals surface area contributed by atoms with Crippen LogP contribution >= 0.6 is 38.5 Å². The lowest BCUT2D eigenvalue weighted by molar-refractivity contribution is 0.708. The Labute approximate surface area is 130 Å². The Bertz CT molecular complexity index is 447. The quantitative estimate of drug-likeness (QED) is 0.729. The molecule has 0 amide bonds. The maximum absolute atomic E-state index is 3.48. The van der Waals surface area contributed by atoms with Gasteiger partial charge in [-0.15, -0.1) is 0 Å². The molecule has 0 saturated carbocycles. The van der Waals surface area contributed by atoms with Crippen LogP contribution in [0.1, 0.15) is 17.0 Å². The van der Waals surface area contributed by atoms with Crippen LogP contribution < -0.4 is 5.32 Å². The summed E-state index contributed by atoms with van der Waals surface area (Å²) in [4.78, 5) is 0. The second-order valence-corrected chi connectivity index (χ2v) is 6.37. The first-order chi connectivity index (χ1) is 8.70. The number of benzene rings is 2. The van der Waals surface area contributed by atoms with Crippen molar-refractivity contribution in [1.82, 2.24) is 5.32 Å². The summed E-state index contributed by atoms with van der Waals surface area (Å²) in [7, 11) is 2.00. The first-order valence-electron chi connectivity index (χ1n) is 5.86. The Morgan fingerprint density at radius 3 is 2.00 bits per heavy atom. The molecule has 1 unspecified atom stereocenters. The van der Waals surface area contributed by atoms with Crippen molar-refractivity contribution in [2.45, 2.75) is 5.92 Å². The molecule has 2 aromatic carbocycles. The normalized spacial score (nSPS) is 12.4. The van der Waals surface area contributed by atoms with Gasteiger partial charge in [-0.05, 0) is 65.0 Å². The molecule has 1 nitrogen and oxygen atoms in total. The summed E-state index contributed by atoms with van der Waals surface area (Å²) in [5, 5.41) is 3.28. The van der Waals surface area contributed by atoms with Crippen molar-refractivity contribution in [2.24, 2.45) is 0 Å². The maximum Gasteiger partial charge on any atom is 0.0214 e. The van der Waals surface area contributed by atoms with Crippen molar-refractivity contribution >= 4 is 38.5 Å². The van der Waals surface area contributed by atoms with Gasteiger partial charge in [-0.1, -0.05) is 40.2 Å². The lowest BCUT2D eigenvalue weighted by Gasteiger charge is -2.18. The van der Waals surface area contributed by atoms with E-state index in [0.29, 0.717) is 5.92 Å². The van der Waals surface area contributed by atoms with Gasteiger partial charge in [0.05, 0.1) is 0 Å². The van der Waals surface area contributed by atoms with Crippen LogP contribution in [0.2, 0.25) is 0 Å². The Balaban J connectivity index is 2.33. The molecular formula is C15H15BrIN. The van der Waals surface area contributed by atoms with E-state index in [-0.39, 0.29) is 0 Å². The van der Waals surface area contributed by atoms with Crippen LogP contribution in [0, 0.1) is 3.57 Å². The predicted octanol–water partition coefficient (Wildman–Crippen LogP) is 4.41. The molecule has 2 rings (SSSR count). The number of halogens is 2. The van der Waals surface area contributed by atoms with Crippen LogP contribution in [-0.4, -0.2) is 13.6 Å². The van der Waals surface area contributed by atoms with E-state index in [2.05, 4.69) is 92.4 Å². The Morgan fingerprint density at radius 2 is 1.50 bits per heavy atom. The third-order valence-electron chi connectivity index (χ3n) is 2.95. The molecule has 2 aromatic rings. The summed E-state index contributed by atoms with van der Waals surface area (Å²) >= 11 is 5.82. The molecule has 0 radical (unpaired) electrons. The molecule has 0 heterocycles. The molecule has 1 atom stereocenters. The second kappa shape index (κ2) is 6.68. The van der Waals surface area contributed by atoms with Gasteiger partial charge in [0.15, 0.2) is 0 Å². The van der Waals surface area contributed by atoms with Gasteiger partial charge >= 0.3 is 0 Å². The highest BCUT2D eigenvalue weighted by atomic mass is 127. The Morgan fingerprint density at radius 1 is 1.00 bits per heavy atom. The summed E-state index contributed by atoms with van der Waals surface area (Å²) in [5.41, 5.74) is 2.70. The zero-order chi connectivity index (χ0) is 13.0. The smallest absolute Gasteiger partial charge is 0.0214 e. The van der Waals surface area contributed by atoms with Crippen LogP contribution in [0.15, 0.2) is 53.0 Å². The van der Waals surface area contributed by atoms with Gasteiger partial charge in [-0.2, -0.15) is 0 Å². The molecule has 0 aliphatic heterocycles. The average molecular weight is 416 g/mol. The molecule has 0 aromatic heterocycles. The van der Waals surface area contributed by atoms with Crippen molar-refractivity contribution in [1.29, 1.82) is 0 Å². The molecule has 1 N–H and O–H groups in total. The second-order valence-electron chi connectivity index (χ2n) is 4.21. The summed E-state index contributed by atoms with van der Waals surface area (Å²) in [5.74, 6) is 0.403. The lowest BCUT2D eigenvalue weighted by Crippen LogP contribution is -2.18. The molecule has 0 aliphatic rings. The molecule has 0 aliphatic carbocycles. The highest BCUT2D eigenvalue weighted by Crippen LogP contribution is 2.26. The minimum Gasteiger partial charge on any atom is -0.319 e. The van der Waals surface area contributed by atoms with E-state index in [0.717, 1.165) is 11.0 Å². The SMILES string of the molecule is CNCC(c1ccc(Br)cc1)c1ccc(I)cc1. The van der Waals surface area contributed by atoms with Crippen molar-refractivity contribution < 1.29 is 0 Å². The zero-order valence-electron chi connectivity index (χ0n) is 10.2. The molecule has 0 spiro atoms. The predicted molar refractivity (Wildman–Crippen MR) is 89.1 cm³/mol. The summed E-state index contributed by atoms with van der Waals surface area (Å²) in [6, 6.07) is 17.3. The minimum atomic E-state index is 0.403. The van der Waals surface area contributed by atoms with E-state index in [4.69, 9.17) is 0 Å². The number of nitrogens with one attached hydrogen (secondary N) is 1. The standard InChI is InChI=1S/C15H15BrIN/c1-18-10-15(11-2-6-13(16)7-3-11)12-4-8-14(17)9-5-12/h2-9,15,18H,10H2,1H3. The van der Waals surface area contributed by atoms with Gasteiger partial charge in [0.2, 0.25) is 0 Å². The monoisotopic (exact) mass is 415 g/mol. The van der Waals surface area contributed by atoms with Crippen molar-refractivity contribution in [2.75, 3.05) is 13.6 Å². The van der Waals surface area contributed by atoms with E-state index in [9.17, 15) is 0 Å². The van der Waals surface area contributed by atoms with Gasteiger partial charge in [0, 0.05) is 20.5 Å². The van der Waals surface area contributed by atoms with Crippen molar-refractivity contribution in [3.05, 3.63) is 67.7 Å². The van der Waals surface area contributed by atoms with Gasteiger partial charge in [0.25, 0.3) is 0 Å². The van der Waals surface area contributed by atoms with Crippen LogP contribution in [-0.2, 0) is 0 Å². The van der Waals surface area contributed by atoms with E-state index >= 15 is 0 Å². The average Bonchev–Trinajstić information content (AvgIpc) is 2.39. The summed E-state index contributed by atoms with van der Waals surface area (Å²) < 4.78 is 2.40. The largest absolute Gasteiger partial charge is 0.319 e. The van der Waals surface area contributed by atoms with E-state index < -0.39 is 0 Å². The van der Waals surface area contributed by atoms with Crippen LogP contribution in [0.5, 0.6) is 0 Å². The first kappa shape index (κ1) is 14.0. The third kappa shape index (κ3) is 3.56. The van der Waals surface area contributed by atoms with E-state index in [1.54, 1.807) is 0 Å². The first-order valence-corrected chi connectivity index (χ1v) is 7.73. The highest BCUT2D eigenvalue weighted by Gasteiger charge is 2.12. The Hall–Kier alpha value is -0.390. The number of likely N-dealkylation sites (N-methyl/N-ethyl adjacent to an activating group) is 1. The van der Waals surface area contributed by atoms with Crippen molar-refractivity contribution in [3.8, 4) is 0 Å². The zero-order valence-corrected chi connectivity index (χ0v) is 13.9. The highest BCUT2D eigenvalue weighted by molar-refractivity contribution is 14.1. The van der Waals surface area contributed by atoms with Crippen LogP contribution in [0.4, 0.5) is 0 Å². The lowest BCUT2D eigenvalue weighted by atomic mass is 9.91. The minimum absolute atomic E-state index is 0.403. The topological polar surface area (TPSA) is 12.0 Å². The molecule has 94 valence electrons. The fourth-order valence-corrected chi connectivity index (χ4v) is 2.65. The molecule has 0 saturated heterocycles. The van der Waals surface area contributed by atoms with Crippen LogP contribution in [0.3, 0.4) is 0 Å². The fraction of sp³-hybridized carbons (Fsp3) is 0.200. The maximum atomic E-state index is 3.48. The Kier molecular flexibility index (Phi) is 5.21. The number of hydrogen-bond donors (Lipinski definition) is 1. The molecule has 0 bridgehead atoms. The van der Waals surface area contributed by atoms with Gasteiger partial charge < -0.3 is 5.32 Å². The fourth-order valence-electron chi connectivity index (χ4n) is 2.02. The van der Waals surface area contributed by atoms with E-state index in [1.807, 2.05) is 7.05 Å². The van der Waals surface area contributed by atoms with Gasteiger partial charge in [-0.3, -0.25) is 0 Å². The number of hydrogen-bond acceptors (Lipinski definition) is 1. The third-order valence-corrected chi connectivity index (χ3v) is 4.20. The summed E-state index contributed by atoms with van der Waals surface area (Å²) in [6.45, 7) is 0.947. The van der Waals surface area contributed by atoms with Gasteiger partial charge in [0.1, 0.15) is 0 Å². The summed E-state index contributed by atoms with van der Waals surface area (Å²) in [6.07, 6.45) is 0. The molecule has 3 heteroatoms. The van der Waals surface area contributed by atoms with E-state index in [1.165, 1.54) is 14.7 Å².